The summed E-state index contributed by atoms with van der Waals surface area (Å²) in [4.78, 5) is 0. The third-order valence-electron chi connectivity index (χ3n) is 3.17. The molecular formula is C9H20O20S5. The molecule has 0 heterocycles. The Kier molecular flexibility index (Phi) is 12.8. The van der Waals surface area contributed by atoms with Crippen molar-refractivity contribution in [2.45, 2.75) is 44.0 Å². The van der Waals surface area contributed by atoms with E-state index in [4.69, 9.17) is 22.8 Å². The molecule has 0 aliphatic heterocycles. The van der Waals surface area contributed by atoms with Crippen LogP contribution in [-0.4, -0.2) is 96.4 Å². The fraction of sp³-hybridized carbons (Fsp3) is 1.00. The monoisotopic (exact) mass is 608 g/mol. The van der Waals surface area contributed by atoms with Crippen LogP contribution in [0.1, 0.15) is 25.7 Å². The van der Waals surface area contributed by atoms with E-state index in [1.54, 1.807) is 0 Å². The molecule has 25 heteroatoms. The molecule has 0 radical (unpaired) electrons. The Balaban J connectivity index is 5.76. The topological polar surface area (TPSA) is 318 Å². The van der Waals surface area contributed by atoms with Crippen LogP contribution in [0.5, 0.6) is 0 Å². The molecule has 0 fully saturated rings. The lowest BCUT2D eigenvalue weighted by Gasteiger charge is -2.24. The third kappa shape index (κ3) is 21.9. The van der Waals surface area contributed by atoms with Crippen LogP contribution in [0.3, 0.4) is 0 Å². The Bertz CT molecular complexity index is 1090. The summed E-state index contributed by atoms with van der Waals surface area (Å²) in [5.41, 5.74) is 0. The van der Waals surface area contributed by atoms with Gasteiger partial charge in [-0.2, -0.15) is 42.1 Å². The minimum absolute atomic E-state index is 0.805. The Morgan fingerprint density at radius 2 is 0.706 bits per heavy atom. The first-order chi connectivity index (χ1) is 14.9. The van der Waals surface area contributed by atoms with Gasteiger partial charge in [0, 0.05) is 25.7 Å². The summed E-state index contributed by atoms with van der Waals surface area (Å²) in [5, 5.41) is 0. The second-order valence-electron chi connectivity index (χ2n) is 5.99. The predicted molar refractivity (Wildman–Crippen MR) is 103 cm³/mol. The summed E-state index contributed by atoms with van der Waals surface area (Å²) in [6.07, 6.45) is -9.42. The van der Waals surface area contributed by atoms with Gasteiger partial charge in [0.2, 0.25) is 0 Å². The number of hydrogen-bond donors (Lipinski definition) is 5. The highest BCUT2D eigenvalue weighted by molar-refractivity contribution is 7.81. The first-order valence-electron chi connectivity index (χ1n) is 8.15. The molecule has 0 amide bonds. The van der Waals surface area contributed by atoms with Crippen molar-refractivity contribution in [2.24, 2.45) is 0 Å². The maximum absolute atomic E-state index is 11.1. The summed E-state index contributed by atoms with van der Waals surface area (Å²) in [5.74, 6) is 0. The predicted octanol–water partition coefficient (Wildman–Crippen LogP) is -2.25. The molecule has 0 aromatic carbocycles. The Hall–Kier alpha value is -0.650. The van der Waals surface area contributed by atoms with Gasteiger partial charge in [0.05, 0.1) is 31.5 Å². The van der Waals surface area contributed by atoms with Gasteiger partial charge in [0.1, 0.15) is 0 Å². The molecule has 2 unspecified atom stereocenters. The van der Waals surface area contributed by atoms with E-state index in [0.717, 1.165) is 0 Å². The molecular weight excluding hydrogens is 588 g/mol. The lowest BCUT2D eigenvalue weighted by atomic mass is 10.0. The van der Waals surface area contributed by atoms with Crippen molar-refractivity contribution >= 4 is 52.0 Å². The summed E-state index contributed by atoms with van der Waals surface area (Å²) < 4.78 is 172. The zero-order valence-corrected chi connectivity index (χ0v) is 20.5. The number of rotatable bonds is 18. The molecule has 0 saturated carbocycles. The highest BCUT2D eigenvalue weighted by Crippen LogP contribution is 2.22. The minimum Gasteiger partial charge on any atom is -0.264 e. The van der Waals surface area contributed by atoms with Crippen LogP contribution in [-0.2, 0) is 72.9 Å². The SMILES string of the molecule is O=S(=O)(O)OCCC(CC(CC(CCOS(=O)(=O)O)OS(=O)(=O)O)OS(=O)(=O)O)OS(=O)(=O)O. The van der Waals surface area contributed by atoms with E-state index in [1.165, 1.54) is 0 Å². The summed E-state index contributed by atoms with van der Waals surface area (Å²) in [7, 11) is -26.0. The van der Waals surface area contributed by atoms with Gasteiger partial charge in [0.25, 0.3) is 0 Å². The van der Waals surface area contributed by atoms with Crippen LogP contribution in [0.15, 0.2) is 0 Å². The van der Waals surface area contributed by atoms with Crippen LogP contribution >= 0.6 is 0 Å². The average molecular weight is 609 g/mol. The molecule has 0 aliphatic carbocycles. The van der Waals surface area contributed by atoms with Gasteiger partial charge >= 0.3 is 52.0 Å². The summed E-state index contributed by atoms with van der Waals surface area (Å²) in [6.45, 7) is -1.99. The van der Waals surface area contributed by atoms with Gasteiger partial charge in [-0.25, -0.2) is 20.9 Å². The molecule has 0 bridgehead atoms. The van der Waals surface area contributed by atoms with E-state index >= 15 is 0 Å². The molecule has 20 nitrogen and oxygen atoms in total. The smallest absolute Gasteiger partial charge is 0.264 e. The van der Waals surface area contributed by atoms with Crippen molar-refractivity contribution in [2.75, 3.05) is 13.2 Å². The van der Waals surface area contributed by atoms with E-state index in [2.05, 4.69) is 20.9 Å². The first-order valence-corrected chi connectivity index (χ1v) is 15.0. The highest BCUT2D eigenvalue weighted by atomic mass is 32.3. The third-order valence-corrected chi connectivity index (χ3v) is 5.64. The van der Waals surface area contributed by atoms with Crippen LogP contribution in [0, 0.1) is 0 Å². The van der Waals surface area contributed by atoms with Crippen molar-refractivity contribution in [3.63, 3.8) is 0 Å². The second-order valence-corrected chi connectivity index (χ2v) is 11.3. The zero-order chi connectivity index (χ0) is 27.0. The summed E-state index contributed by atoms with van der Waals surface area (Å²) >= 11 is 0. The van der Waals surface area contributed by atoms with E-state index in [0.29, 0.717) is 0 Å². The lowest BCUT2D eigenvalue weighted by molar-refractivity contribution is 0.0502. The van der Waals surface area contributed by atoms with Crippen LogP contribution in [0.4, 0.5) is 0 Å². The Morgan fingerprint density at radius 3 is 0.941 bits per heavy atom. The Morgan fingerprint density at radius 1 is 0.441 bits per heavy atom. The van der Waals surface area contributed by atoms with Gasteiger partial charge in [-0.1, -0.05) is 0 Å². The van der Waals surface area contributed by atoms with Crippen molar-refractivity contribution in [1.82, 2.24) is 0 Å². The maximum atomic E-state index is 11.1. The standard InChI is InChI=1S/C9H20O20S5/c10-30(11,12)25-3-1-7(27-32(16,17)18)5-9(29-34(22,23)24)6-8(28-33(19,20)21)2-4-26-31(13,14)15/h7-9H,1-6H2,(H,10,11,12)(H,13,14,15)(H,16,17,18)(H,19,20,21)(H,22,23,24). The van der Waals surface area contributed by atoms with Crippen LogP contribution < -0.4 is 0 Å². The van der Waals surface area contributed by atoms with Gasteiger partial charge < -0.3 is 0 Å². The molecule has 0 aliphatic rings. The van der Waals surface area contributed by atoms with Crippen molar-refractivity contribution in [1.29, 1.82) is 0 Å². The van der Waals surface area contributed by atoms with Gasteiger partial charge in [-0.15, -0.1) is 0 Å². The van der Waals surface area contributed by atoms with Crippen LogP contribution in [0.25, 0.3) is 0 Å². The van der Waals surface area contributed by atoms with E-state index < -0.39 is 109 Å². The molecule has 0 saturated heterocycles. The van der Waals surface area contributed by atoms with E-state index in [9.17, 15) is 42.1 Å². The normalized spacial score (nSPS) is 16.7. The zero-order valence-electron chi connectivity index (χ0n) is 16.4. The van der Waals surface area contributed by atoms with Gasteiger partial charge in [-0.05, 0) is 0 Å². The molecule has 5 N–H and O–H groups in total. The molecule has 0 aromatic rings. The molecule has 0 rings (SSSR count). The summed E-state index contributed by atoms with van der Waals surface area (Å²) in [6, 6.07) is 0. The van der Waals surface area contributed by atoms with Crippen molar-refractivity contribution in [3.05, 3.63) is 0 Å². The van der Waals surface area contributed by atoms with Crippen molar-refractivity contribution < 1.29 is 85.8 Å². The quantitative estimate of drug-likeness (QED) is 0.103. The highest BCUT2D eigenvalue weighted by Gasteiger charge is 2.30. The average Bonchev–Trinajstić information content (AvgIpc) is 2.46. The second kappa shape index (κ2) is 13.1. The van der Waals surface area contributed by atoms with E-state index in [-0.39, 0.29) is 0 Å². The van der Waals surface area contributed by atoms with Gasteiger partial charge in [-0.3, -0.25) is 22.8 Å². The maximum Gasteiger partial charge on any atom is 0.397 e. The fourth-order valence-electron chi connectivity index (χ4n) is 2.26. The minimum atomic E-state index is -5.36. The van der Waals surface area contributed by atoms with Gasteiger partial charge in [0.15, 0.2) is 0 Å². The molecule has 0 aromatic heterocycles. The van der Waals surface area contributed by atoms with Crippen LogP contribution in [0.2, 0.25) is 0 Å². The largest absolute Gasteiger partial charge is 0.397 e. The lowest BCUT2D eigenvalue weighted by Crippen LogP contribution is -2.33. The molecule has 0 spiro atoms. The molecule has 2 atom stereocenters. The van der Waals surface area contributed by atoms with E-state index in [1.807, 2.05) is 0 Å². The number of hydrogen-bond acceptors (Lipinski definition) is 15. The molecule has 34 heavy (non-hydrogen) atoms. The molecule has 206 valence electrons. The Labute approximate surface area is 194 Å². The van der Waals surface area contributed by atoms with Crippen molar-refractivity contribution in [3.8, 4) is 0 Å². The fourth-order valence-corrected chi connectivity index (χ4v) is 4.41. The first kappa shape index (κ1) is 33.4.